The van der Waals surface area contributed by atoms with Crippen molar-refractivity contribution in [2.75, 3.05) is 10.6 Å². The van der Waals surface area contributed by atoms with Gasteiger partial charge in [-0.1, -0.05) is 103 Å². The van der Waals surface area contributed by atoms with Crippen LogP contribution < -0.4 is 10.6 Å². The molecule has 0 fully saturated rings. The number of hydrogen-bond acceptors (Lipinski definition) is 5. The smallest absolute Gasteiger partial charge is 0.243 e. The van der Waals surface area contributed by atoms with Gasteiger partial charge in [0.05, 0.1) is 0 Å². The number of pyridine rings is 1. The van der Waals surface area contributed by atoms with E-state index in [0.717, 1.165) is 20.9 Å². The van der Waals surface area contributed by atoms with Gasteiger partial charge in [0.1, 0.15) is 22.1 Å². The number of rotatable bonds is 10. The third kappa shape index (κ3) is 7.40. The van der Waals surface area contributed by atoms with E-state index >= 15 is 0 Å². The van der Waals surface area contributed by atoms with Crippen LogP contribution in [0.15, 0.2) is 149 Å². The summed E-state index contributed by atoms with van der Waals surface area (Å²) in [5.41, 5.74) is 1.78. The SMILES string of the molecule is O=C(Nc1cccc(NC(=O)[C@H](Sc2ccccc2)c2ccccc2)n1)[C@H](Sc1ccccc1)c1ccccc1. The fourth-order valence-corrected chi connectivity index (χ4v) is 6.12. The van der Waals surface area contributed by atoms with Gasteiger partial charge in [0.2, 0.25) is 11.8 Å². The molecule has 0 radical (unpaired) electrons. The van der Waals surface area contributed by atoms with Crippen molar-refractivity contribution in [2.45, 2.75) is 20.3 Å². The van der Waals surface area contributed by atoms with Gasteiger partial charge in [0.25, 0.3) is 0 Å². The number of amides is 2. The Morgan fingerprint density at radius 1 is 0.475 bits per heavy atom. The maximum absolute atomic E-state index is 13.5. The molecule has 1 heterocycles. The first kappa shape index (κ1) is 27.2. The Kier molecular flexibility index (Phi) is 9.29. The zero-order valence-corrected chi connectivity index (χ0v) is 23.1. The van der Waals surface area contributed by atoms with E-state index in [-0.39, 0.29) is 11.8 Å². The summed E-state index contributed by atoms with van der Waals surface area (Å²) in [6.45, 7) is 0. The van der Waals surface area contributed by atoms with E-state index in [2.05, 4.69) is 15.6 Å². The van der Waals surface area contributed by atoms with Gasteiger partial charge in [-0.25, -0.2) is 4.98 Å². The maximum Gasteiger partial charge on any atom is 0.243 e. The maximum atomic E-state index is 13.5. The first-order valence-corrected chi connectivity index (χ1v) is 14.5. The Hall–Kier alpha value is -4.33. The Bertz CT molecular complexity index is 1420. The highest BCUT2D eigenvalue weighted by Gasteiger charge is 2.24. The van der Waals surface area contributed by atoms with Crippen molar-refractivity contribution in [1.29, 1.82) is 0 Å². The van der Waals surface area contributed by atoms with E-state index in [4.69, 9.17) is 0 Å². The highest BCUT2D eigenvalue weighted by atomic mass is 32.2. The van der Waals surface area contributed by atoms with E-state index in [1.165, 1.54) is 23.5 Å². The molecular weight excluding hydrogens is 535 g/mol. The average Bonchev–Trinajstić information content (AvgIpc) is 3.00. The van der Waals surface area contributed by atoms with Gasteiger partial charge in [-0.15, -0.1) is 23.5 Å². The van der Waals surface area contributed by atoms with Crippen molar-refractivity contribution in [2.24, 2.45) is 0 Å². The second-order valence-corrected chi connectivity index (χ2v) is 11.2. The molecule has 0 spiro atoms. The van der Waals surface area contributed by atoms with Crippen LogP contribution in [0.25, 0.3) is 0 Å². The molecule has 2 amide bonds. The topological polar surface area (TPSA) is 71.1 Å². The summed E-state index contributed by atoms with van der Waals surface area (Å²) >= 11 is 2.95. The molecule has 0 unspecified atom stereocenters. The van der Waals surface area contributed by atoms with Crippen molar-refractivity contribution in [3.8, 4) is 0 Å². The molecule has 0 saturated carbocycles. The van der Waals surface area contributed by atoms with E-state index in [1.54, 1.807) is 18.2 Å². The summed E-state index contributed by atoms with van der Waals surface area (Å²) in [5.74, 6) is 0.337. The molecule has 5 aromatic rings. The molecule has 2 atom stereocenters. The van der Waals surface area contributed by atoms with E-state index in [0.29, 0.717) is 11.6 Å². The first-order chi connectivity index (χ1) is 19.7. The summed E-state index contributed by atoms with van der Waals surface area (Å²) in [6.07, 6.45) is 0. The molecule has 0 aliphatic heterocycles. The average molecular weight is 562 g/mol. The molecule has 0 aliphatic carbocycles. The molecular formula is C33H27N3O2S2. The van der Waals surface area contributed by atoms with Crippen LogP contribution in [-0.2, 0) is 9.59 Å². The van der Waals surface area contributed by atoms with Gasteiger partial charge in [0.15, 0.2) is 0 Å². The highest BCUT2D eigenvalue weighted by molar-refractivity contribution is 8.00. The number of anilines is 2. The number of carbonyl (C=O) groups is 2. The quantitative estimate of drug-likeness (QED) is 0.169. The molecule has 198 valence electrons. The van der Waals surface area contributed by atoms with Gasteiger partial charge < -0.3 is 10.6 Å². The molecule has 0 aliphatic rings. The third-order valence-corrected chi connectivity index (χ3v) is 8.46. The largest absolute Gasteiger partial charge is 0.309 e. The lowest BCUT2D eigenvalue weighted by atomic mass is 10.1. The Morgan fingerprint density at radius 3 is 1.20 bits per heavy atom. The molecule has 7 heteroatoms. The summed E-state index contributed by atoms with van der Waals surface area (Å²) in [7, 11) is 0. The predicted octanol–water partition coefficient (Wildman–Crippen LogP) is 8.03. The van der Waals surface area contributed by atoms with Crippen molar-refractivity contribution in [3.05, 3.63) is 151 Å². The highest BCUT2D eigenvalue weighted by Crippen LogP contribution is 2.37. The molecule has 2 N–H and O–H groups in total. The summed E-state index contributed by atoms with van der Waals surface area (Å²) in [6, 6.07) is 44.2. The number of nitrogens with one attached hydrogen (secondary N) is 2. The number of thioether (sulfide) groups is 2. The second kappa shape index (κ2) is 13.6. The molecule has 5 rings (SSSR count). The van der Waals surface area contributed by atoms with Crippen molar-refractivity contribution < 1.29 is 9.59 Å². The molecule has 5 nitrogen and oxygen atoms in total. The Morgan fingerprint density at radius 2 is 0.825 bits per heavy atom. The lowest BCUT2D eigenvalue weighted by Crippen LogP contribution is -2.21. The molecule has 1 aromatic heterocycles. The van der Waals surface area contributed by atoms with Crippen LogP contribution in [0.2, 0.25) is 0 Å². The standard InChI is InChI=1S/C33H27N3O2S2/c37-32(30(24-14-5-1-6-15-24)39-26-18-9-3-10-19-26)35-28-22-13-23-29(34-28)36-33(38)31(25-16-7-2-8-17-25)40-27-20-11-4-12-21-27/h1-23,30-31H,(H2,34,35,36,37,38)/t30-,31-/m1/s1. The number of aromatic nitrogens is 1. The first-order valence-electron chi connectivity index (χ1n) is 12.8. The third-order valence-electron chi connectivity index (χ3n) is 5.93. The Balaban J connectivity index is 1.33. The minimum Gasteiger partial charge on any atom is -0.309 e. The molecule has 0 saturated heterocycles. The van der Waals surface area contributed by atoms with E-state index < -0.39 is 10.5 Å². The number of carbonyl (C=O) groups excluding carboxylic acids is 2. The van der Waals surface area contributed by atoms with E-state index in [1.807, 2.05) is 121 Å². The monoisotopic (exact) mass is 561 g/mol. The van der Waals surface area contributed by atoms with Crippen molar-refractivity contribution >= 4 is 47.0 Å². The normalized spacial score (nSPS) is 12.2. The van der Waals surface area contributed by atoms with Crippen molar-refractivity contribution in [3.63, 3.8) is 0 Å². The minimum atomic E-state index is -0.478. The summed E-state index contributed by atoms with van der Waals surface area (Å²) in [4.78, 5) is 33.5. The molecule has 4 aromatic carbocycles. The van der Waals surface area contributed by atoms with Crippen LogP contribution >= 0.6 is 23.5 Å². The van der Waals surface area contributed by atoms with Gasteiger partial charge in [-0.05, 0) is 47.5 Å². The van der Waals surface area contributed by atoms with Crippen LogP contribution in [0, 0.1) is 0 Å². The number of hydrogen-bond donors (Lipinski definition) is 2. The van der Waals surface area contributed by atoms with Crippen LogP contribution in [0.5, 0.6) is 0 Å². The Labute approximate surface area is 242 Å². The lowest BCUT2D eigenvalue weighted by molar-refractivity contribution is -0.116. The second-order valence-electron chi connectivity index (χ2n) is 8.83. The zero-order chi connectivity index (χ0) is 27.6. The van der Waals surface area contributed by atoms with Gasteiger partial charge in [-0.2, -0.15) is 0 Å². The van der Waals surface area contributed by atoms with Gasteiger partial charge in [0, 0.05) is 9.79 Å². The fraction of sp³-hybridized carbons (Fsp3) is 0.0606. The zero-order valence-electron chi connectivity index (χ0n) is 21.5. The van der Waals surface area contributed by atoms with Crippen LogP contribution in [0.4, 0.5) is 11.6 Å². The van der Waals surface area contributed by atoms with Crippen LogP contribution in [0.3, 0.4) is 0 Å². The van der Waals surface area contributed by atoms with Crippen LogP contribution in [0.1, 0.15) is 21.6 Å². The van der Waals surface area contributed by atoms with Crippen LogP contribution in [-0.4, -0.2) is 16.8 Å². The predicted molar refractivity (Wildman–Crippen MR) is 164 cm³/mol. The summed E-state index contributed by atoms with van der Waals surface area (Å²) in [5, 5.41) is 4.94. The molecule has 0 bridgehead atoms. The fourth-order valence-electron chi connectivity index (χ4n) is 4.03. The summed E-state index contributed by atoms with van der Waals surface area (Å²) < 4.78 is 0. The lowest BCUT2D eigenvalue weighted by Gasteiger charge is -2.18. The minimum absolute atomic E-state index is 0.196. The molecule has 40 heavy (non-hydrogen) atoms. The number of benzene rings is 4. The van der Waals surface area contributed by atoms with E-state index in [9.17, 15) is 9.59 Å². The number of nitrogens with zero attached hydrogens (tertiary/aromatic N) is 1. The van der Waals surface area contributed by atoms with Gasteiger partial charge >= 0.3 is 0 Å². The van der Waals surface area contributed by atoms with Gasteiger partial charge in [-0.3, -0.25) is 9.59 Å². The van der Waals surface area contributed by atoms with Crippen molar-refractivity contribution in [1.82, 2.24) is 4.98 Å².